The highest BCUT2D eigenvalue weighted by Gasteiger charge is 2.16. The Bertz CT molecular complexity index is 492. The van der Waals surface area contributed by atoms with E-state index >= 15 is 0 Å². The van der Waals surface area contributed by atoms with Crippen LogP contribution in [0, 0.1) is 13.8 Å². The normalized spacial score (nSPS) is 13.0. The van der Waals surface area contributed by atoms with E-state index in [-0.39, 0.29) is 0 Å². The van der Waals surface area contributed by atoms with Gasteiger partial charge in [0.25, 0.3) is 0 Å². The first kappa shape index (κ1) is 12.2. The molecule has 86 valence electrons. The molecule has 2 heterocycles. The first-order valence-electron chi connectivity index (χ1n) is 4.91. The molecule has 2 aromatic rings. The summed E-state index contributed by atoms with van der Waals surface area (Å²) in [5.41, 5.74) is 0.947. The summed E-state index contributed by atoms with van der Waals surface area (Å²) in [6.45, 7) is 3.92. The first-order chi connectivity index (χ1) is 7.58. The van der Waals surface area contributed by atoms with Crippen LogP contribution < -0.4 is 0 Å². The lowest BCUT2D eigenvalue weighted by Gasteiger charge is -2.08. The van der Waals surface area contributed by atoms with Crippen LogP contribution in [0.3, 0.4) is 0 Å². The second kappa shape index (κ2) is 4.96. The topological polar surface area (TPSA) is 33.1 Å². The highest BCUT2D eigenvalue weighted by atomic mass is 79.9. The Morgan fingerprint density at radius 1 is 1.50 bits per heavy atom. The highest BCUT2D eigenvalue weighted by Crippen LogP contribution is 2.31. The van der Waals surface area contributed by atoms with Gasteiger partial charge in [0.1, 0.15) is 0 Å². The SMILES string of the molecule is Cc1nc(C)c(C(O)Cc2sccc2Br)s1. The van der Waals surface area contributed by atoms with Gasteiger partial charge in [-0.3, -0.25) is 0 Å². The molecule has 1 unspecified atom stereocenters. The minimum absolute atomic E-state index is 0.443. The molecule has 0 spiro atoms. The van der Waals surface area contributed by atoms with E-state index in [1.165, 1.54) is 4.88 Å². The number of hydrogen-bond donors (Lipinski definition) is 1. The van der Waals surface area contributed by atoms with Gasteiger partial charge in [0.05, 0.1) is 21.7 Å². The van der Waals surface area contributed by atoms with Crippen LogP contribution in [-0.2, 0) is 6.42 Å². The van der Waals surface area contributed by atoms with E-state index in [1.807, 2.05) is 25.3 Å². The van der Waals surface area contributed by atoms with Crippen LogP contribution in [0.25, 0.3) is 0 Å². The number of halogens is 1. The van der Waals surface area contributed by atoms with Gasteiger partial charge >= 0.3 is 0 Å². The van der Waals surface area contributed by atoms with Crippen LogP contribution in [0.2, 0.25) is 0 Å². The molecule has 1 N–H and O–H groups in total. The van der Waals surface area contributed by atoms with Crippen LogP contribution in [0.4, 0.5) is 0 Å². The van der Waals surface area contributed by atoms with Crippen LogP contribution in [0.15, 0.2) is 15.9 Å². The molecule has 2 nitrogen and oxygen atoms in total. The fourth-order valence-corrected chi connectivity index (χ4v) is 4.06. The number of aliphatic hydroxyl groups is 1. The largest absolute Gasteiger partial charge is 0.387 e. The lowest BCUT2D eigenvalue weighted by atomic mass is 10.2. The van der Waals surface area contributed by atoms with Gasteiger partial charge in [-0.05, 0) is 41.2 Å². The van der Waals surface area contributed by atoms with Crippen molar-refractivity contribution in [3.05, 3.63) is 36.4 Å². The summed E-state index contributed by atoms with van der Waals surface area (Å²) in [7, 11) is 0. The molecule has 5 heteroatoms. The van der Waals surface area contributed by atoms with E-state index in [0.717, 1.165) is 20.1 Å². The Balaban J connectivity index is 2.17. The third kappa shape index (κ3) is 2.53. The van der Waals surface area contributed by atoms with Gasteiger partial charge in [-0.25, -0.2) is 4.98 Å². The molecule has 0 saturated heterocycles. The number of aromatic nitrogens is 1. The van der Waals surface area contributed by atoms with Crippen molar-refractivity contribution in [2.24, 2.45) is 0 Å². The predicted molar refractivity (Wildman–Crippen MR) is 72.3 cm³/mol. The zero-order valence-electron chi connectivity index (χ0n) is 9.03. The first-order valence-corrected chi connectivity index (χ1v) is 7.40. The molecule has 0 saturated carbocycles. The van der Waals surface area contributed by atoms with Crippen molar-refractivity contribution >= 4 is 38.6 Å². The van der Waals surface area contributed by atoms with Gasteiger partial charge in [0, 0.05) is 15.8 Å². The summed E-state index contributed by atoms with van der Waals surface area (Å²) < 4.78 is 1.08. The summed E-state index contributed by atoms with van der Waals surface area (Å²) in [4.78, 5) is 6.50. The molecule has 0 aliphatic carbocycles. The Kier molecular flexibility index (Phi) is 3.79. The molecular weight excluding hydrogens is 306 g/mol. The zero-order chi connectivity index (χ0) is 11.7. The van der Waals surface area contributed by atoms with Crippen molar-refractivity contribution in [3.8, 4) is 0 Å². The monoisotopic (exact) mass is 317 g/mol. The van der Waals surface area contributed by atoms with Crippen molar-refractivity contribution < 1.29 is 5.11 Å². The van der Waals surface area contributed by atoms with Crippen molar-refractivity contribution in [2.75, 3.05) is 0 Å². The van der Waals surface area contributed by atoms with Gasteiger partial charge in [0.15, 0.2) is 0 Å². The molecule has 0 aliphatic heterocycles. The lowest BCUT2D eigenvalue weighted by molar-refractivity contribution is 0.182. The fraction of sp³-hybridized carbons (Fsp3) is 0.364. The maximum absolute atomic E-state index is 10.2. The maximum atomic E-state index is 10.2. The number of aryl methyl sites for hydroxylation is 2. The van der Waals surface area contributed by atoms with E-state index in [1.54, 1.807) is 22.7 Å². The van der Waals surface area contributed by atoms with Crippen LogP contribution in [-0.4, -0.2) is 10.1 Å². The minimum Gasteiger partial charge on any atom is -0.387 e. The van der Waals surface area contributed by atoms with Crippen LogP contribution >= 0.6 is 38.6 Å². The minimum atomic E-state index is -0.443. The third-order valence-corrected chi connectivity index (χ3v) is 5.43. The van der Waals surface area contributed by atoms with E-state index in [2.05, 4.69) is 20.9 Å². The quantitative estimate of drug-likeness (QED) is 0.932. The summed E-state index contributed by atoms with van der Waals surface area (Å²) >= 11 is 6.72. The lowest BCUT2D eigenvalue weighted by Crippen LogP contribution is -2.00. The van der Waals surface area contributed by atoms with Crippen LogP contribution in [0.5, 0.6) is 0 Å². The smallest absolute Gasteiger partial charge is 0.0949 e. The molecule has 0 bridgehead atoms. The molecular formula is C11H12BrNOS2. The molecule has 0 aromatic carbocycles. The molecule has 0 radical (unpaired) electrons. The van der Waals surface area contributed by atoms with Crippen molar-refractivity contribution in [1.29, 1.82) is 0 Å². The van der Waals surface area contributed by atoms with Gasteiger partial charge in [0.2, 0.25) is 0 Å². The standard InChI is InChI=1S/C11H12BrNOS2/c1-6-11(16-7(2)13-6)9(14)5-10-8(12)3-4-15-10/h3-4,9,14H,5H2,1-2H3. The number of aliphatic hydroxyl groups excluding tert-OH is 1. The average molecular weight is 318 g/mol. The van der Waals surface area contributed by atoms with Gasteiger partial charge in [-0.2, -0.15) is 0 Å². The number of hydrogen-bond acceptors (Lipinski definition) is 4. The Morgan fingerprint density at radius 2 is 2.25 bits per heavy atom. The molecule has 2 rings (SSSR count). The number of nitrogens with zero attached hydrogens (tertiary/aromatic N) is 1. The summed E-state index contributed by atoms with van der Waals surface area (Å²) in [6, 6.07) is 2.01. The maximum Gasteiger partial charge on any atom is 0.0949 e. The van der Waals surface area contributed by atoms with E-state index < -0.39 is 6.10 Å². The second-order valence-corrected chi connectivity index (χ2v) is 6.68. The molecule has 0 aliphatic rings. The summed E-state index contributed by atoms with van der Waals surface area (Å²) in [6.07, 6.45) is 0.210. The average Bonchev–Trinajstić information content (AvgIpc) is 2.74. The molecule has 16 heavy (non-hydrogen) atoms. The number of rotatable bonds is 3. The number of thiophene rings is 1. The van der Waals surface area contributed by atoms with Gasteiger partial charge < -0.3 is 5.11 Å². The predicted octanol–water partition coefficient (Wildman–Crippen LogP) is 3.86. The van der Waals surface area contributed by atoms with Gasteiger partial charge in [-0.1, -0.05) is 0 Å². The Morgan fingerprint density at radius 3 is 2.75 bits per heavy atom. The Hall–Kier alpha value is -0.230. The fourth-order valence-electron chi connectivity index (χ4n) is 1.60. The highest BCUT2D eigenvalue weighted by molar-refractivity contribution is 9.10. The second-order valence-electron chi connectivity index (χ2n) is 3.59. The zero-order valence-corrected chi connectivity index (χ0v) is 12.2. The summed E-state index contributed by atoms with van der Waals surface area (Å²) in [5, 5.41) is 13.2. The molecule has 0 fully saturated rings. The van der Waals surface area contributed by atoms with Crippen molar-refractivity contribution in [3.63, 3.8) is 0 Å². The van der Waals surface area contributed by atoms with E-state index in [4.69, 9.17) is 0 Å². The Labute approximate surface area is 111 Å². The van der Waals surface area contributed by atoms with E-state index in [9.17, 15) is 5.11 Å². The van der Waals surface area contributed by atoms with E-state index in [0.29, 0.717) is 6.42 Å². The van der Waals surface area contributed by atoms with Crippen LogP contribution in [0.1, 0.15) is 26.6 Å². The van der Waals surface area contributed by atoms with Crippen molar-refractivity contribution in [2.45, 2.75) is 26.4 Å². The summed E-state index contributed by atoms with van der Waals surface area (Å²) in [5.74, 6) is 0. The third-order valence-electron chi connectivity index (χ3n) is 2.31. The van der Waals surface area contributed by atoms with Crippen molar-refractivity contribution in [1.82, 2.24) is 4.98 Å². The van der Waals surface area contributed by atoms with Gasteiger partial charge in [-0.15, -0.1) is 22.7 Å². The number of thiazole rings is 1. The molecule has 0 amide bonds. The molecule has 1 atom stereocenters. The molecule has 2 aromatic heterocycles.